The van der Waals surface area contributed by atoms with Gasteiger partial charge in [-0.2, -0.15) is 0 Å². The molecular weight excluding hydrogens is 331 g/mol. The highest BCUT2D eigenvalue weighted by Crippen LogP contribution is 2.43. The third-order valence-corrected chi connectivity index (χ3v) is 5.16. The van der Waals surface area contributed by atoms with Gasteiger partial charge in [0.25, 0.3) is 0 Å². The molecule has 0 saturated heterocycles. The molecule has 5 rings (SSSR count). The van der Waals surface area contributed by atoms with E-state index >= 15 is 0 Å². The Morgan fingerprint density at radius 2 is 2.12 bits per heavy atom. The number of furan rings is 1. The molecule has 1 aliphatic heterocycles. The molecule has 2 atom stereocenters. The Hall–Kier alpha value is -2.92. The zero-order valence-corrected chi connectivity index (χ0v) is 14.2. The van der Waals surface area contributed by atoms with Gasteiger partial charge >= 0.3 is 0 Å². The molecule has 0 saturated carbocycles. The van der Waals surface area contributed by atoms with E-state index in [4.69, 9.17) is 4.42 Å². The van der Waals surface area contributed by atoms with Crippen LogP contribution in [0.5, 0.6) is 0 Å². The van der Waals surface area contributed by atoms with Crippen molar-refractivity contribution in [3.63, 3.8) is 0 Å². The van der Waals surface area contributed by atoms with Crippen molar-refractivity contribution in [3.8, 4) is 11.3 Å². The van der Waals surface area contributed by atoms with E-state index in [1.54, 1.807) is 12.4 Å². The fourth-order valence-corrected chi connectivity index (χ4v) is 3.98. The predicted molar refractivity (Wildman–Crippen MR) is 96.3 cm³/mol. The quantitative estimate of drug-likeness (QED) is 0.580. The minimum Gasteiger partial charge on any atom is -0.461 e. The minimum absolute atomic E-state index is 0.0696. The van der Waals surface area contributed by atoms with Crippen LogP contribution in [0.3, 0.4) is 0 Å². The fraction of sp³-hybridized carbons (Fsp3) is 0.190. The number of halogens is 1. The van der Waals surface area contributed by atoms with Gasteiger partial charge in [0.1, 0.15) is 17.2 Å². The van der Waals surface area contributed by atoms with E-state index in [1.807, 2.05) is 35.9 Å². The maximum Gasteiger partial charge on any atom is 0.137 e. The molecule has 3 heterocycles. The number of imidazole rings is 1. The molecular formula is C21H17FN2O2. The molecule has 2 aromatic carbocycles. The summed E-state index contributed by atoms with van der Waals surface area (Å²) in [7, 11) is 0. The Balaban J connectivity index is 1.53. The lowest BCUT2D eigenvalue weighted by Crippen LogP contribution is -2.11. The van der Waals surface area contributed by atoms with Crippen LogP contribution in [0.2, 0.25) is 0 Å². The molecule has 1 N–H and O–H groups in total. The average molecular weight is 348 g/mol. The van der Waals surface area contributed by atoms with Gasteiger partial charge in [-0.15, -0.1) is 0 Å². The van der Waals surface area contributed by atoms with Crippen LogP contribution >= 0.6 is 0 Å². The second-order valence-corrected chi connectivity index (χ2v) is 6.81. The Labute approximate surface area is 149 Å². The molecule has 0 radical (unpaired) electrons. The number of benzene rings is 2. The monoisotopic (exact) mass is 348 g/mol. The topological polar surface area (TPSA) is 51.2 Å². The molecule has 4 nitrogen and oxygen atoms in total. The van der Waals surface area contributed by atoms with Gasteiger partial charge in [0.05, 0.1) is 30.4 Å². The predicted octanol–water partition coefficient (Wildman–Crippen LogP) is 4.77. The summed E-state index contributed by atoms with van der Waals surface area (Å²) in [5.41, 5.74) is 4.07. The van der Waals surface area contributed by atoms with Crippen molar-refractivity contribution in [2.24, 2.45) is 0 Å². The van der Waals surface area contributed by atoms with Crippen molar-refractivity contribution < 1.29 is 13.9 Å². The number of aryl methyl sites for hydroxylation is 1. The van der Waals surface area contributed by atoms with Gasteiger partial charge < -0.3 is 14.1 Å². The minimum atomic E-state index is -0.930. The summed E-state index contributed by atoms with van der Waals surface area (Å²) in [5, 5.41) is 11.6. The van der Waals surface area contributed by atoms with Crippen LogP contribution in [0.25, 0.3) is 22.2 Å². The summed E-state index contributed by atoms with van der Waals surface area (Å²) < 4.78 is 22.1. The van der Waals surface area contributed by atoms with Gasteiger partial charge in [0, 0.05) is 29.0 Å². The highest BCUT2D eigenvalue weighted by Gasteiger charge is 2.30. The first-order chi connectivity index (χ1) is 12.6. The number of aliphatic hydroxyl groups is 1. The average Bonchev–Trinajstić information content (AvgIpc) is 3.29. The lowest BCUT2D eigenvalue weighted by Gasteiger charge is -2.19. The molecule has 0 spiro atoms. The highest BCUT2D eigenvalue weighted by molar-refractivity contribution is 5.79. The summed E-state index contributed by atoms with van der Waals surface area (Å²) in [6.07, 6.45) is 3.04. The third-order valence-electron chi connectivity index (χ3n) is 5.16. The van der Waals surface area contributed by atoms with Crippen molar-refractivity contribution >= 4 is 11.0 Å². The van der Waals surface area contributed by atoms with Crippen LogP contribution in [0, 0.1) is 12.7 Å². The number of nitrogens with zero attached hydrogens (tertiary/aromatic N) is 2. The number of aliphatic hydroxyl groups excluding tert-OH is 1. The SMILES string of the molecule is Cc1cc2cc(C(O)CC3c4ccccc4-c4cncn43)c(F)cc2o1. The number of fused-ring (bicyclic) bond motifs is 4. The molecule has 1 aliphatic rings. The van der Waals surface area contributed by atoms with E-state index in [0.717, 1.165) is 28.0 Å². The maximum atomic E-state index is 14.5. The van der Waals surface area contributed by atoms with Crippen LogP contribution in [0.1, 0.15) is 35.5 Å². The zero-order valence-electron chi connectivity index (χ0n) is 14.2. The number of rotatable bonds is 3. The largest absolute Gasteiger partial charge is 0.461 e. The Morgan fingerprint density at radius 1 is 1.27 bits per heavy atom. The molecule has 5 heteroatoms. The molecule has 26 heavy (non-hydrogen) atoms. The highest BCUT2D eigenvalue weighted by atomic mass is 19.1. The third kappa shape index (κ3) is 2.21. The molecule has 130 valence electrons. The summed E-state index contributed by atoms with van der Waals surface area (Å²) in [6, 6.07) is 12.9. The van der Waals surface area contributed by atoms with Gasteiger partial charge in [0.15, 0.2) is 0 Å². The summed E-state index contributed by atoms with van der Waals surface area (Å²) in [5.74, 6) is 0.273. The lowest BCUT2D eigenvalue weighted by molar-refractivity contribution is 0.149. The normalized spacial score (nSPS) is 16.7. The second kappa shape index (κ2) is 5.54. The molecule has 0 bridgehead atoms. The van der Waals surface area contributed by atoms with Crippen LogP contribution in [-0.2, 0) is 0 Å². The van der Waals surface area contributed by atoms with Crippen molar-refractivity contribution in [1.29, 1.82) is 0 Å². The van der Waals surface area contributed by atoms with E-state index in [9.17, 15) is 9.50 Å². The molecule has 4 aromatic rings. The van der Waals surface area contributed by atoms with E-state index in [0.29, 0.717) is 17.6 Å². The number of hydrogen-bond acceptors (Lipinski definition) is 3. The van der Waals surface area contributed by atoms with Crippen molar-refractivity contribution in [3.05, 3.63) is 77.7 Å². The first-order valence-corrected chi connectivity index (χ1v) is 8.60. The summed E-state index contributed by atoms with van der Waals surface area (Å²) in [6.45, 7) is 1.82. The van der Waals surface area contributed by atoms with Gasteiger partial charge in [-0.3, -0.25) is 0 Å². The van der Waals surface area contributed by atoms with E-state index in [1.165, 1.54) is 6.07 Å². The van der Waals surface area contributed by atoms with E-state index in [-0.39, 0.29) is 6.04 Å². The van der Waals surface area contributed by atoms with Crippen molar-refractivity contribution in [1.82, 2.24) is 9.55 Å². The molecule has 0 fully saturated rings. The van der Waals surface area contributed by atoms with E-state index in [2.05, 4.69) is 17.1 Å². The standard InChI is InChI=1S/C21H17FN2O2/c1-12-6-13-7-16(17(22)8-21(13)26-12)20(25)9-18-14-4-2-3-5-15(14)19-10-23-11-24(18)19/h2-8,10-11,18,20,25H,9H2,1H3. The number of aromatic nitrogens is 2. The molecule has 0 aliphatic carbocycles. The summed E-state index contributed by atoms with van der Waals surface area (Å²) >= 11 is 0. The van der Waals surface area contributed by atoms with Crippen molar-refractivity contribution in [2.45, 2.75) is 25.5 Å². The Kier molecular flexibility index (Phi) is 3.27. The second-order valence-electron chi connectivity index (χ2n) is 6.81. The zero-order chi connectivity index (χ0) is 17.8. The van der Waals surface area contributed by atoms with Gasteiger partial charge in [0.2, 0.25) is 0 Å². The van der Waals surface area contributed by atoms with Crippen LogP contribution in [-0.4, -0.2) is 14.7 Å². The first-order valence-electron chi connectivity index (χ1n) is 8.60. The van der Waals surface area contributed by atoms with Crippen LogP contribution in [0.4, 0.5) is 4.39 Å². The van der Waals surface area contributed by atoms with Crippen LogP contribution in [0.15, 0.2) is 59.4 Å². The maximum absolute atomic E-state index is 14.5. The fourth-order valence-electron chi connectivity index (χ4n) is 3.98. The Bertz CT molecular complexity index is 1130. The molecule has 0 amide bonds. The summed E-state index contributed by atoms with van der Waals surface area (Å²) in [4.78, 5) is 4.23. The molecule has 2 unspecified atom stereocenters. The van der Waals surface area contributed by atoms with Gasteiger partial charge in [-0.1, -0.05) is 24.3 Å². The Morgan fingerprint density at radius 3 is 3.00 bits per heavy atom. The van der Waals surface area contributed by atoms with Crippen molar-refractivity contribution in [2.75, 3.05) is 0 Å². The lowest BCUT2D eigenvalue weighted by atomic mass is 9.95. The molecule has 2 aromatic heterocycles. The van der Waals surface area contributed by atoms with Gasteiger partial charge in [-0.25, -0.2) is 9.37 Å². The first kappa shape index (κ1) is 15.3. The van der Waals surface area contributed by atoms with Crippen LogP contribution < -0.4 is 0 Å². The van der Waals surface area contributed by atoms with E-state index < -0.39 is 11.9 Å². The smallest absolute Gasteiger partial charge is 0.137 e. The number of hydrogen-bond donors (Lipinski definition) is 1. The van der Waals surface area contributed by atoms with Gasteiger partial charge in [-0.05, 0) is 24.6 Å².